The molecular formula is C53H104O5. The van der Waals surface area contributed by atoms with Crippen molar-refractivity contribution in [2.45, 2.75) is 315 Å². The molecule has 0 aliphatic carbocycles. The topological polar surface area (TPSA) is 72.8 Å². The van der Waals surface area contributed by atoms with E-state index in [4.69, 9.17) is 9.47 Å². The number of ether oxygens (including phenoxy) is 2. The molecule has 346 valence electrons. The van der Waals surface area contributed by atoms with Gasteiger partial charge < -0.3 is 14.6 Å². The van der Waals surface area contributed by atoms with Gasteiger partial charge in [0.15, 0.2) is 6.10 Å². The van der Waals surface area contributed by atoms with Gasteiger partial charge in [-0.2, -0.15) is 0 Å². The van der Waals surface area contributed by atoms with Crippen LogP contribution in [0.4, 0.5) is 0 Å². The van der Waals surface area contributed by atoms with Gasteiger partial charge in [-0.3, -0.25) is 9.59 Å². The monoisotopic (exact) mass is 821 g/mol. The van der Waals surface area contributed by atoms with E-state index in [1.807, 2.05) is 0 Å². The summed E-state index contributed by atoms with van der Waals surface area (Å²) in [6.45, 7) is 4.20. The molecule has 0 amide bonds. The van der Waals surface area contributed by atoms with E-state index in [0.29, 0.717) is 12.8 Å². The molecule has 0 aliphatic rings. The molecule has 0 bridgehead atoms. The smallest absolute Gasteiger partial charge is 0.306 e. The molecule has 58 heavy (non-hydrogen) atoms. The van der Waals surface area contributed by atoms with E-state index >= 15 is 0 Å². The molecule has 5 nitrogen and oxygen atoms in total. The zero-order valence-corrected chi connectivity index (χ0v) is 39.6. The van der Waals surface area contributed by atoms with Crippen molar-refractivity contribution in [1.29, 1.82) is 0 Å². The van der Waals surface area contributed by atoms with Gasteiger partial charge in [-0.05, 0) is 12.8 Å². The van der Waals surface area contributed by atoms with Gasteiger partial charge in [0, 0.05) is 12.8 Å². The van der Waals surface area contributed by atoms with Crippen molar-refractivity contribution in [3.05, 3.63) is 0 Å². The lowest BCUT2D eigenvalue weighted by Crippen LogP contribution is -2.28. The molecule has 1 N–H and O–H groups in total. The van der Waals surface area contributed by atoms with Crippen LogP contribution < -0.4 is 0 Å². The van der Waals surface area contributed by atoms with Crippen molar-refractivity contribution in [2.75, 3.05) is 13.2 Å². The summed E-state index contributed by atoms with van der Waals surface area (Å²) in [7, 11) is 0. The number of carbonyl (C=O) groups excluding carboxylic acids is 2. The van der Waals surface area contributed by atoms with Crippen LogP contribution in [0, 0.1) is 0 Å². The molecule has 0 radical (unpaired) electrons. The molecule has 0 unspecified atom stereocenters. The van der Waals surface area contributed by atoms with Gasteiger partial charge in [0.05, 0.1) is 6.61 Å². The van der Waals surface area contributed by atoms with Crippen LogP contribution in [0.25, 0.3) is 0 Å². The van der Waals surface area contributed by atoms with Crippen molar-refractivity contribution in [2.24, 2.45) is 0 Å². The van der Waals surface area contributed by atoms with Crippen LogP contribution >= 0.6 is 0 Å². The second-order valence-electron chi connectivity index (χ2n) is 18.3. The summed E-state index contributed by atoms with van der Waals surface area (Å²) in [5.74, 6) is -0.565. The fraction of sp³-hybridized carbons (Fsp3) is 0.962. The summed E-state index contributed by atoms with van der Waals surface area (Å²) in [6, 6.07) is 0. The van der Waals surface area contributed by atoms with Gasteiger partial charge in [0.25, 0.3) is 0 Å². The van der Waals surface area contributed by atoms with Crippen molar-refractivity contribution in [3.63, 3.8) is 0 Å². The zero-order valence-electron chi connectivity index (χ0n) is 39.6. The molecule has 0 aromatic heterocycles. The minimum Gasteiger partial charge on any atom is -0.462 e. The predicted octanol–water partition coefficient (Wildman–Crippen LogP) is 17.4. The van der Waals surface area contributed by atoms with Gasteiger partial charge in [0.2, 0.25) is 0 Å². The number of esters is 2. The number of carbonyl (C=O) groups is 2. The quantitative estimate of drug-likeness (QED) is 0.0489. The van der Waals surface area contributed by atoms with Gasteiger partial charge in [-0.1, -0.05) is 284 Å². The lowest BCUT2D eigenvalue weighted by atomic mass is 10.0. The molecule has 0 saturated carbocycles. The van der Waals surface area contributed by atoms with Gasteiger partial charge >= 0.3 is 11.9 Å². The van der Waals surface area contributed by atoms with Crippen LogP contribution in [-0.4, -0.2) is 36.4 Å². The fourth-order valence-corrected chi connectivity index (χ4v) is 8.38. The van der Waals surface area contributed by atoms with E-state index in [-0.39, 0.29) is 25.2 Å². The number of aliphatic hydroxyl groups is 1. The second-order valence-corrected chi connectivity index (χ2v) is 18.3. The maximum absolute atomic E-state index is 12.3. The van der Waals surface area contributed by atoms with E-state index < -0.39 is 6.10 Å². The minimum atomic E-state index is -0.763. The largest absolute Gasteiger partial charge is 0.462 e. The molecule has 0 saturated heterocycles. The first-order valence-electron chi connectivity index (χ1n) is 26.6. The maximum atomic E-state index is 12.3. The number of unbranched alkanes of at least 4 members (excludes halogenated alkanes) is 42. The molecule has 0 heterocycles. The summed E-state index contributed by atoms with van der Waals surface area (Å²) in [5, 5.41) is 9.63. The van der Waals surface area contributed by atoms with Gasteiger partial charge in [-0.25, -0.2) is 0 Å². The van der Waals surface area contributed by atoms with Crippen molar-refractivity contribution >= 4 is 11.9 Å². The molecule has 0 fully saturated rings. The molecule has 1 atom stereocenters. The summed E-state index contributed by atoms with van der Waals surface area (Å²) < 4.78 is 10.7. The third kappa shape index (κ3) is 47.6. The number of aliphatic hydroxyl groups excluding tert-OH is 1. The third-order valence-corrected chi connectivity index (χ3v) is 12.4. The number of hydrogen-bond donors (Lipinski definition) is 1. The molecule has 5 heteroatoms. The summed E-state index contributed by atoms with van der Waals surface area (Å²) in [5.41, 5.74) is 0. The summed E-state index contributed by atoms with van der Waals surface area (Å²) in [4.78, 5) is 24.5. The number of hydrogen-bond acceptors (Lipinski definition) is 5. The highest BCUT2D eigenvalue weighted by atomic mass is 16.6. The Labute approximate surface area is 363 Å². The second kappa shape index (κ2) is 50.3. The van der Waals surface area contributed by atoms with E-state index in [0.717, 1.165) is 32.1 Å². The number of rotatable bonds is 50. The first kappa shape index (κ1) is 56.9. The molecule has 0 rings (SSSR count). The van der Waals surface area contributed by atoms with Crippen LogP contribution in [0.2, 0.25) is 0 Å². The Morgan fingerprint density at radius 2 is 0.534 bits per heavy atom. The van der Waals surface area contributed by atoms with Crippen molar-refractivity contribution in [1.82, 2.24) is 0 Å². The maximum Gasteiger partial charge on any atom is 0.306 e. The Morgan fingerprint density at radius 1 is 0.328 bits per heavy atom. The van der Waals surface area contributed by atoms with Crippen LogP contribution in [0.15, 0.2) is 0 Å². The van der Waals surface area contributed by atoms with Crippen molar-refractivity contribution in [3.8, 4) is 0 Å². The average Bonchev–Trinajstić information content (AvgIpc) is 3.23. The van der Waals surface area contributed by atoms with Gasteiger partial charge in [-0.15, -0.1) is 0 Å². The molecule has 0 spiro atoms. The van der Waals surface area contributed by atoms with E-state index in [1.54, 1.807) is 0 Å². The normalized spacial score (nSPS) is 12.0. The van der Waals surface area contributed by atoms with Crippen LogP contribution in [0.5, 0.6) is 0 Å². The fourth-order valence-electron chi connectivity index (χ4n) is 8.38. The van der Waals surface area contributed by atoms with Gasteiger partial charge in [0.1, 0.15) is 6.61 Å². The lowest BCUT2D eigenvalue weighted by molar-refractivity contribution is -0.161. The highest BCUT2D eigenvalue weighted by Gasteiger charge is 2.16. The Morgan fingerprint density at radius 3 is 0.759 bits per heavy atom. The summed E-state index contributed by atoms with van der Waals surface area (Å²) >= 11 is 0. The standard InChI is InChI=1S/C53H104O5/c1-3-5-7-9-11-13-15-17-19-21-23-25-26-28-30-32-34-36-38-40-42-44-46-48-53(56)58-51(49-54)50-57-52(55)47-45-43-41-39-37-35-33-31-29-27-24-22-20-18-16-14-12-10-8-6-4-2/h51,54H,3-50H2,1-2H3/t51-/m0/s1. The Kier molecular flexibility index (Phi) is 49.3. The highest BCUT2D eigenvalue weighted by Crippen LogP contribution is 2.18. The molecular weight excluding hydrogens is 717 g/mol. The van der Waals surface area contributed by atoms with Crippen molar-refractivity contribution < 1.29 is 24.2 Å². The predicted molar refractivity (Wildman–Crippen MR) is 252 cm³/mol. The third-order valence-electron chi connectivity index (χ3n) is 12.4. The highest BCUT2D eigenvalue weighted by molar-refractivity contribution is 5.70. The first-order chi connectivity index (χ1) is 28.6. The average molecular weight is 821 g/mol. The molecule has 0 aromatic carbocycles. The summed E-state index contributed by atoms with van der Waals surface area (Å²) in [6.07, 6.45) is 59.2. The van der Waals surface area contributed by atoms with Crippen LogP contribution in [0.3, 0.4) is 0 Å². The van der Waals surface area contributed by atoms with E-state index in [9.17, 15) is 14.7 Å². The Bertz CT molecular complexity index is 799. The van der Waals surface area contributed by atoms with E-state index in [2.05, 4.69) is 13.8 Å². The zero-order chi connectivity index (χ0) is 42.1. The van der Waals surface area contributed by atoms with E-state index in [1.165, 1.54) is 250 Å². The van der Waals surface area contributed by atoms with Crippen LogP contribution in [0.1, 0.15) is 309 Å². The molecule has 0 aromatic rings. The molecule has 0 aliphatic heterocycles. The SMILES string of the molecule is CCCCCCCCCCCCCCCCCCCCCCCCCC(=O)O[C@@H](CO)COC(=O)CCCCCCCCCCCCCCCCCCCCCCC. The Balaban J connectivity index is 3.41. The first-order valence-corrected chi connectivity index (χ1v) is 26.6. The minimum absolute atomic E-state index is 0.0558. The lowest BCUT2D eigenvalue weighted by Gasteiger charge is -2.15. The Hall–Kier alpha value is -1.10. The van der Waals surface area contributed by atoms with Crippen LogP contribution in [-0.2, 0) is 19.1 Å².